The van der Waals surface area contributed by atoms with Crippen LogP contribution in [0.5, 0.6) is 23.0 Å². The van der Waals surface area contributed by atoms with Gasteiger partial charge in [-0.15, -0.1) is 5.10 Å². The Labute approximate surface area is 199 Å². The highest BCUT2D eigenvalue weighted by Crippen LogP contribution is 2.37. The molecular weight excluding hydrogens is 514 g/mol. The highest BCUT2D eigenvalue weighted by atomic mass is 79.9. The van der Waals surface area contributed by atoms with Crippen LogP contribution in [-0.2, 0) is 4.79 Å². The molecule has 33 heavy (non-hydrogen) atoms. The standard InChI is InChI=1S/C22H16BrN3O6S/c1-11(27)31-19-13(23)7-12(8-16(19)29-2)9-18-21(28)26-22(33-18)24-20(25-26)17-10-30-14-5-3-4-6-15(14)32-17/h3-9,17H,10H2,1-2H3/b18-9+/t17-/m1/s1. The maximum atomic E-state index is 12.9. The van der Waals surface area contributed by atoms with E-state index in [-0.39, 0.29) is 17.9 Å². The number of nitrogens with zero attached hydrogens (tertiary/aromatic N) is 3. The lowest BCUT2D eigenvalue weighted by Gasteiger charge is -2.24. The molecule has 0 unspecified atom stereocenters. The number of carbonyl (C=O) groups is 1. The average Bonchev–Trinajstić information content (AvgIpc) is 3.34. The van der Waals surface area contributed by atoms with Crippen LogP contribution in [0.3, 0.4) is 0 Å². The van der Waals surface area contributed by atoms with Crippen molar-refractivity contribution in [3.8, 4) is 23.0 Å². The van der Waals surface area contributed by atoms with Gasteiger partial charge in [0.25, 0.3) is 5.56 Å². The van der Waals surface area contributed by atoms with Crippen LogP contribution in [0.4, 0.5) is 0 Å². The van der Waals surface area contributed by atoms with Gasteiger partial charge < -0.3 is 18.9 Å². The van der Waals surface area contributed by atoms with Crippen molar-refractivity contribution in [3.63, 3.8) is 0 Å². The Balaban J connectivity index is 1.48. The van der Waals surface area contributed by atoms with E-state index in [2.05, 4.69) is 26.0 Å². The van der Waals surface area contributed by atoms with Crippen molar-refractivity contribution >= 4 is 44.3 Å². The predicted octanol–water partition coefficient (Wildman–Crippen LogP) is 2.91. The quantitative estimate of drug-likeness (QED) is 0.293. The Morgan fingerprint density at radius 2 is 2.09 bits per heavy atom. The number of hydrogen-bond acceptors (Lipinski definition) is 9. The molecule has 0 spiro atoms. The molecule has 0 fully saturated rings. The van der Waals surface area contributed by atoms with Gasteiger partial charge in [0.15, 0.2) is 34.9 Å². The normalized spacial score (nSPS) is 15.6. The van der Waals surface area contributed by atoms with Crippen LogP contribution in [0, 0.1) is 0 Å². The zero-order valence-electron chi connectivity index (χ0n) is 17.4. The number of benzene rings is 2. The lowest BCUT2D eigenvalue weighted by Crippen LogP contribution is -2.26. The number of fused-ring (bicyclic) bond motifs is 2. The van der Waals surface area contributed by atoms with Gasteiger partial charge in [-0.25, -0.2) is 0 Å². The summed E-state index contributed by atoms with van der Waals surface area (Å²) < 4.78 is 24.4. The number of aromatic nitrogens is 3. The summed E-state index contributed by atoms with van der Waals surface area (Å²) in [5, 5.41) is 4.36. The molecule has 1 aliphatic heterocycles. The van der Waals surface area contributed by atoms with Gasteiger partial charge in [-0.3, -0.25) is 9.59 Å². The van der Waals surface area contributed by atoms with E-state index in [4.69, 9.17) is 18.9 Å². The molecule has 0 saturated carbocycles. The zero-order chi connectivity index (χ0) is 23.1. The molecule has 0 saturated heterocycles. The van der Waals surface area contributed by atoms with Crippen molar-refractivity contribution in [3.05, 3.63) is 67.1 Å². The average molecular weight is 530 g/mol. The van der Waals surface area contributed by atoms with E-state index in [1.165, 1.54) is 29.9 Å². The number of halogens is 1. The monoisotopic (exact) mass is 529 g/mol. The van der Waals surface area contributed by atoms with Gasteiger partial charge in [0, 0.05) is 6.92 Å². The fourth-order valence-corrected chi connectivity index (χ4v) is 4.80. The van der Waals surface area contributed by atoms with Gasteiger partial charge in [0.1, 0.15) is 6.61 Å². The van der Waals surface area contributed by atoms with Gasteiger partial charge >= 0.3 is 5.97 Å². The fourth-order valence-electron chi connectivity index (χ4n) is 3.35. The van der Waals surface area contributed by atoms with Crippen molar-refractivity contribution in [2.24, 2.45) is 0 Å². The Bertz CT molecular complexity index is 1500. The second-order valence-corrected chi connectivity index (χ2v) is 8.94. The Kier molecular flexibility index (Phi) is 5.51. The third kappa shape index (κ3) is 4.05. The van der Waals surface area contributed by atoms with Crippen LogP contribution >= 0.6 is 27.3 Å². The lowest BCUT2D eigenvalue weighted by molar-refractivity contribution is -0.132. The van der Waals surface area contributed by atoms with Gasteiger partial charge in [-0.05, 0) is 51.8 Å². The third-order valence-corrected chi connectivity index (χ3v) is 6.34. The molecule has 11 heteroatoms. The summed E-state index contributed by atoms with van der Waals surface area (Å²) in [7, 11) is 1.47. The first-order valence-electron chi connectivity index (χ1n) is 9.78. The molecule has 0 amide bonds. The first-order valence-corrected chi connectivity index (χ1v) is 11.4. The number of rotatable bonds is 4. The molecule has 1 aliphatic rings. The van der Waals surface area contributed by atoms with Crippen LogP contribution in [0.1, 0.15) is 24.4 Å². The Hall–Kier alpha value is -3.44. The van der Waals surface area contributed by atoms with Crippen LogP contribution < -0.4 is 29.0 Å². The highest BCUT2D eigenvalue weighted by molar-refractivity contribution is 9.10. The van der Waals surface area contributed by atoms with E-state index in [1.807, 2.05) is 24.3 Å². The molecule has 168 valence electrons. The zero-order valence-corrected chi connectivity index (χ0v) is 19.8. The van der Waals surface area contributed by atoms with E-state index < -0.39 is 12.1 Å². The summed E-state index contributed by atoms with van der Waals surface area (Å²) >= 11 is 4.59. The van der Waals surface area contributed by atoms with E-state index in [1.54, 1.807) is 18.2 Å². The molecule has 0 bridgehead atoms. The number of para-hydroxylation sites is 2. The largest absolute Gasteiger partial charge is 0.493 e. The molecule has 1 atom stereocenters. The predicted molar refractivity (Wildman–Crippen MR) is 123 cm³/mol. The van der Waals surface area contributed by atoms with Crippen molar-refractivity contribution in [2.75, 3.05) is 13.7 Å². The topological polar surface area (TPSA) is 101 Å². The second kappa shape index (κ2) is 8.49. The van der Waals surface area contributed by atoms with Crippen LogP contribution in [0.15, 0.2) is 45.7 Å². The van der Waals surface area contributed by atoms with E-state index in [0.717, 1.165) is 0 Å². The molecule has 9 nitrogen and oxygen atoms in total. The first-order chi connectivity index (χ1) is 15.9. The van der Waals surface area contributed by atoms with Crippen LogP contribution in [0.25, 0.3) is 11.0 Å². The van der Waals surface area contributed by atoms with Crippen molar-refractivity contribution < 1.29 is 23.7 Å². The van der Waals surface area contributed by atoms with Gasteiger partial charge in [0.2, 0.25) is 4.96 Å². The summed E-state index contributed by atoms with van der Waals surface area (Å²) in [4.78, 5) is 29.2. The van der Waals surface area contributed by atoms with E-state index in [0.29, 0.717) is 42.6 Å². The minimum absolute atomic E-state index is 0.254. The van der Waals surface area contributed by atoms with Crippen LogP contribution in [0.2, 0.25) is 0 Å². The molecule has 0 radical (unpaired) electrons. The molecule has 0 N–H and O–H groups in total. The Morgan fingerprint density at radius 3 is 2.82 bits per heavy atom. The molecular formula is C22H16BrN3O6S. The van der Waals surface area contributed by atoms with E-state index >= 15 is 0 Å². The number of methoxy groups -OCH3 is 1. The number of esters is 1. The summed E-state index contributed by atoms with van der Waals surface area (Å²) in [5.41, 5.74) is 0.377. The van der Waals surface area contributed by atoms with Crippen molar-refractivity contribution in [1.82, 2.24) is 14.6 Å². The molecule has 2 aromatic heterocycles. The maximum Gasteiger partial charge on any atom is 0.308 e. The summed E-state index contributed by atoms with van der Waals surface area (Å²) in [6.07, 6.45) is 1.19. The van der Waals surface area contributed by atoms with E-state index in [9.17, 15) is 9.59 Å². The summed E-state index contributed by atoms with van der Waals surface area (Å²) in [6.45, 7) is 1.56. The van der Waals surface area contributed by atoms with Crippen molar-refractivity contribution in [2.45, 2.75) is 13.0 Å². The highest BCUT2D eigenvalue weighted by Gasteiger charge is 2.27. The fraction of sp³-hybridized carbons (Fsp3) is 0.182. The maximum absolute atomic E-state index is 12.9. The third-order valence-electron chi connectivity index (χ3n) is 4.79. The minimum atomic E-state index is -0.507. The molecule has 2 aromatic carbocycles. The Morgan fingerprint density at radius 1 is 1.30 bits per heavy atom. The minimum Gasteiger partial charge on any atom is -0.493 e. The molecule has 0 aliphatic carbocycles. The first kappa shape index (κ1) is 21.4. The molecule has 3 heterocycles. The van der Waals surface area contributed by atoms with Gasteiger partial charge in [0.05, 0.1) is 16.1 Å². The number of carbonyl (C=O) groups excluding carboxylic acids is 1. The number of hydrogen-bond donors (Lipinski definition) is 0. The lowest BCUT2D eigenvalue weighted by atomic mass is 10.2. The van der Waals surface area contributed by atoms with Gasteiger partial charge in [-0.2, -0.15) is 9.50 Å². The van der Waals surface area contributed by atoms with Crippen LogP contribution in [-0.4, -0.2) is 34.3 Å². The second-order valence-electron chi connectivity index (χ2n) is 7.07. The number of ether oxygens (including phenoxy) is 4. The van der Waals surface area contributed by atoms with Crippen molar-refractivity contribution in [1.29, 1.82) is 0 Å². The molecule has 5 rings (SSSR count). The summed E-state index contributed by atoms with van der Waals surface area (Å²) in [6, 6.07) is 10.8. The summed E-state index contributed by atoms with van der Waals surface area (Å²) in [5.74, 6) is 1.82. The molecule has 4 aromatic rings. The van der Waals surface area contributed by atoms with Gasteiger partial charge in [-0.1, -0.05) is 23.5 Å². The SMILES string of the molecule is COc1cc(/C=c2/sc3nc([C@H]4COc5ccccc5O4)nn3c2=O)cc(Br)c1OC(C)=O. The number of thiazole rings is 1. The smallest absolute Gasteiger partial charge is 0.308 e.